The van der Waals surface area contributed by atoms with Crippen LogP contribution in [0.15, 0.2) is 64.6 Å². The van der Waals surface area contributed by atoms with Crippen LogP contribution in [-0.4, -0.2) is 25.0 Å². The number of imide groups is 2. The van der Waals surface area contributed by atoms with Crippen molar-refractivity contribution in [3.05, 3.63) is 92.2 Å². The Labute approximate surface area is 219 Å². The number of carbonyl (C=O) groups excluding carboxylic acids is 3. The number of methoxy groups -OCH3 is 1. The first-order valence-electron chi connectivity index (χ1n) is 10.6. The highest BCUT2D eigenvalue weighted by Gasteiger charge is 2.37. The number of anilines is 1. The fourth-order valence-corrected chi connectivity index (χ4v) is 4.32. The van der Waals surface area contributed by atoms with Crippen LogP contribution < -0.4 is 19.7 Å². The number of benzene rings is 3. The molecular formula is C26H19BrClFN2O5. The monoisotopic (exact) mass is 572 g/mol. The van der Waals surface area contributed by atoms with Gasteiger partial charge in [-0.25, -0.2) is 14.1 Å². The maximum atomic E-state index is 13.2. The molecule has 36 heavy (non-hydrogen) atoms. The Balaban J connectivity index is 1.66. The van der Waals surface area contributed by atoms with Gasteiger partial charge in [0.15, 0.2) is 11.5 Å². The molecular weight excluding hydrogens is 555 g/mol. The highest BCUT2D eigenvalue weighted by molar-refractivity contribution is 9.10. The third-order valence-electron chi connectivity index (χ3n) is 5.44. The number of nitrogens with zero attached hydrogens (tertiary/aromatic N) is 1. The first-order valence-corrected chi connectivity index (χ1v) is 11.8. The first-order chi connectivity index (χ1) is 17.2. The molecule has 0 aliphatic carbocycles. The summed E-state index contributed by atoms with van der Waals surface area (Å²) in [6.07, 6.45) is 1.36. The van der Waals surface area contributed by atoms with Crippen molar-refractivity contribution in [1.82, 2.24) is 5.32 Å². The molecule has 1 saturated heterocycles. The van der Waals surface area contributed by atoms with Crippen LogP contribution >= 0.6 is 27.5 Å². The molecule has 0 spiro atoms. The molecule has 3 aromatic carbocycles. The summed E-state index contributed by atoms with van der Waals surface area (Å²) in [5.74, 6) is -1.24. The molecule has 0 aromatic heterocycles. The average molecular weight is 574 g/mol. The largest absolute Gasteiger partial charge is 0.493 e. The Bertz CT molecular complexity index is 1410. The van der Waals surface area contributed by atoms with E-state index >= 15 is 0 Å². The minimum atomic E-state index is -0.865. The zero-order valence-corrected chi connectivity index (χ0v) is 21.4. The molecule has 1 N–H and O–H groups in total. The van der Waals surface area contributed by atoms with E-state index in [0.717, 1.165) is 10.5 Å². The molecule has 0 atom stereocenters. The number of carbonyl (C=O) groups is 3. The van der Waals surface area contributed by atoms with Crippen molar-refractivity contribution in [1.29, 1.82) is 0 Å². The molecule has 3 aromatic rings. The predicted octanol–water partition coefficient (Wildman–Crippen LogP) is 5.80. The van der Waals surface area contributed by atoms with Gasteiger partial charge in [-0.1, -0.05) is 29.8 Å². The highest BCUT2D eigenvalue weighted by Crippen LogP contribution is 2.38. The quantitative estimate of drug-likeness (QED) is 0.297. The van der Waals surface area contributed by atoms with Crippen molar-refractivity contribution < 1.29 is 28.2 Å². The van der Waals surface area contributed by atoms with Crippen LogP contribution in [0.1, 0.15) is 16.7 Å². The fraction of sp³-hybridized carbons (Fsp3) is 0.115. The first kappa shape index (κ1) is 25.4. The van der Waals surface area contributed by atoms with Gasteiger partial charge < -0.3 is 9.47 Å². The van der Waals surface area contributed by atoms with Gasteiger partial charge in [-0.3, -0.25) is 14.9 Å². The lowest BCUT2D eigenvalue weighted by Crippen LogP contribution is -2.54. The van der Waals surface area contributed by atoms with Crippen molar-refractivity contribution >= 4 is 57.1 Å². The number of barbiturate groups is 1. The minimum absolute atomic E-state index is 0.159. The molecule has 0 radical (unpaired) electrons. The van der Waals surface area contributed by atoms with Gasteiger partial charge in [-0.15, -0.1) is 0 Å². The third-order valence-corrected chi connectivity index (χ3v) is 6.44. The van der Waals surface area contributed by atoms with Gasteiger partial charge in [0.05, 0.1) is 17.3 Å². The van der Waals surface area contributed by atoms with E-state index in [1.54, 1.807) is 49.4 Å². The number of hydrogen-bond donors (Lipinski definition) is 1. The van der Waals surface area contributed by atoms with Gasteiger partial charge in [-0.05, 0) is 82.0 Å². The zero-order valence-electron chi connectivity index (χ0n) is 19.1. The number of nitrogens with one attached hydrogen (secondary N) is 1. The van der Waals surface area contributed by atoms with Crippen LogP contribution in [0.25, 0.3) is 6.08 Å². The summed E-state index contributed by atoms with van der Waals surface area (Å²) in [5, 5.41) is 2.57. The van der Waals surface area contributed by atoms with Crippen molar-refractivity contribution in [2.45, 2.75) is 13.5 Å². The molecule has 0 unspecified atom stereocenters. The Hall–Kier alpha value is -3.69. The second-order valence-electron chi connectivity index (χ2n) is 7.79. The Morgan fingerprint density at radius 3 is 2.53 bits per heavy atom. The Morgan fingerprint density at radius 1 is 1.11 bits per heavy atom. The molecule has 4 rings (SSSR count). The molecule has 1 heterocycles. The molecule has 1 aliphatic rings. The number of ether oxygens (including phenoxy) is 2. The van der Waals surface area contributed by atoms with Crippen LogP contribution in [-0.2, 0) is 16.2 Å². The van der Waals surface area contributed by atoms with Crippen molar-refractivity contribution in [3.8, 4) is 11.5 Å². The van der Waals surface area contributed by atoms with Crippen LogP contribution in [0, 0.1) is 12.7 Å². The minimum Gasteiger partial charge on any atom is -0.493 e. The summed E-state index contributed by atoms with van der Waals surface area (Å²) < 4.78 is 25.0. The topological polar surface area (TPSA) is 84.9 Å². The smallest absolute Gasteiger partial charge is 0.335 e. The summed E-state index contributed by atoms with van der Waals surface area (Å²) in [6.45, 7) is 1.83. The van der Waals surface area contributed by atoms with Gasteiger partial charge in [0, 0.05) is 5.02 Å². The molecule has 4 amide bonds. The molecule has 1 fully saturated rings. The van der Waals surface area contributed by atoms with Gasteiger partial charge in [0.2, 0.25) is 0 Å². The number of rotatable bonds is 6. The van der Waals surface area contributed by atoms with Crippen LogP contribution in [0.5, 0.6) is 11.5 Å². The second kappa shape index (κ2) is 10.5. The number of urea groups is 1. The van der Waals surface area contributed by atoms with E-state index in [1.807, 2.05) is 0 Å². The molecule has 7 nitrogen and oxygen atoms in total. The summed E-state index contributed by atoms with van der Waals surface area (Å²) in [7, 11) is 1.45. The number of amides is 4. The Kier molecular flexibility index (Phi) is 7.42. The van der Waals surface area contributed by atoms with E-state index in [4.69, 9.17) is 21.1 Å². The Morgan fingerprint density at radius 2 is 1.83 bits per heavy atom. The molecule has 0 bridgehead atoms. The molecule has 0 saturated carbocycles. The van der Waals surface area contributed by atoms with E-state index in [1.165, 1.54) is 25.3 Å². The lowest BCUT2D eigenvalue weighted by molar-refractivity contribution is -0.122. The third kappa shape index (κ3) is 5.12. The van der Waals surface area contributed by atoms with Crippen LogP contribution in [0.3, 0.4) is 0 Å². The number of hydrogen-bond acceptors (Lipinski definition) is 5. The number of halogens is 3. The molecule has 10 heteroatoms. The zero-order chi connectivity index (χ0) is 26.0. The van der Waals surface area contributed by atoms with Crippen LogP contribution in [0.4, 0.5) is 14.9 Å². The SMILES string of the molecule is COc1cc(/C=C2\C(=O)NC(=O)N(c3cccc(Cl)c3C)C2=O)cc(Br)c1OCc1ccc(F)cc1. The standard InChI is InChI=1S/C26H19BrClFN2O5/c1-14-20(28)4-3-5-21(14)31-25(33)18(24(32)30-26(31)34)10-16-11-19(27)23(22(12-16)35-2)36-13-15-6-8-17(29)9-7-15/h3-12H,13H2,1-2H3,(H,30,32,34)/b18-10+. The second-order valence-corrected chi connectivity index (χ2v) is 9.05. The summed E-state index contributed by atoms with van der Waals surface area (Å²) in [5.41, 5.74) is 1.74. The van der Waals surface area contributed by atoms with E-state index < -0.39 is 17.8 Å². The van der Waals surface area contributed by atoms with Crippen molar-refractivity contribution in [3.63, 3.8) is 0 Å². The van der Waals surface area contributed by atoms with Crippen LogP contribution in [0.2, 0.25) is 5.02 Å². The van der Waals surface area contributed by atoms with E-state index in [0.29, 0.717) is 32.1 Å². The van der Waals surface area contributed by atoms with Crippen molar-refractivity contribution in [2.75, 3.05) is 12.0 Å². The van der Waals surface area contributed by atoms with Gasteiger partial charge in [-0.2, -0.15) is 0 Å². The normalized spacial score (nSPS) is 14.8. The average Bonchev–Trinajstić information content (AvgIpc) is 2.84. The van der Waals surface area contributed by atoms with E-state index in [-0.39, 0.29) is 23.7 Å². The highest BCUT2D eigenvalue weighted by atomic mass is 79.9. The van der Waals surface area contributed by atoms with E-state index in [9.17, 15) is 18.8 Å². The van der Waals surface area contributed by atoms with Gasteiger partial charge >= 0.3 is 6.03 Å². The lowest BCUT2D eigenvalue weighted by atomic mass is 10.1. The molecule has 1 aliphatic heterocycles. The van der Waals surface area contributed by atoms with Crippen molar-refractivity contribution in [2.24, 2.45) is 0 Å². The van der Waals surface area contributed by atoms with Gasteiger partial charge in [0.1, 0.15) is 18.0 Å². The summed E-state index contributed by atoms with van der Waals surface area (Å²) in [6, 6.07) is 13.1. The summed E-state index contributed by atoms with van der Waals surface area (Å²) >= 11 is 9.60. The maximum absolute atomic E-state index is 13.2. The summed E-state index contributed by atoms with van der Waals surface area (Å²) in [4.78, 5) is 39.2. The van der Waals surface area contributed by atoms with Gasteiger partial charge in [0.25, 0.3) is 11.8 Å². The lowest BCUT2D eigenvalue weighted by Gasteiger charge is -2.27. The van der Waals surface area contributed by atoms with E-state index in [2.05, 4.69) is 21.2 Å². The maximum Gasteiger partial charge on any atom is 0.335 e. The molecule has 184 valence electrons. The fourth-order valence-electron chi connectivity index (χ4n) is 3.58. The predicted molar refractivity (Wildman–Crippen MR) is 137 cm³/mol.